The number of terminal acetylenes is 1. The van der Waals surface area contributed by atoms with Gasteiger partial charge in [0.15, 0.2) is 0 Å². The molecule has 0 aliphatic heterocycles. The van der Waals surface area contributed by atoms with Crippen molar-refractivity contribution in [1.29, 1.82) is 0 Å². The highest BCUT2D eigenvalue weighted by Crippen LogP contribution is 2.62. The second kappa shape index (κ2) is 14.5. The molecule has 0 heterocycles. The summed E-state index contributed by atoms with van der Waals surface area (Å²) in [6, 6.07) is 43.8. The zero-order chi connectivity index (χ0) is 35.4. The van der Waals surface area contributed by atoms with E-state index >= 15 is 0 Å². The molecular formula is C50H46. The van der Waals surface area contributed by atoms with Crippen molar-refractivity contribution in [2.45, 2.75) is 53.4 Å². The average molecular weight is 647 g/mol. The Morgan fingerprint density at radius 2 is 1.08 bits per heavy atom. The summed E-state index contributed by atoms with van der Waals surface area (Å²) in [6.07, 6.45) is 19.8. The Labute approximate surface area is 299 Å². The molecule has 50 heavy (non-hydrogen) atoms. The largest absolute Gasteiger partial charge is 0.124 e. The summed E-state index contributed by atoms with van der Waals surface area (Å²) in [5, 5.41) is 2.61. The van der Waals surface area contributed by atoms with Crippen molar-refractivity contribution < 1.29 is 0 Å². The molecule has 1 spiro atoms. The van der Waals surface area contributed by atoms with Crippen LogP contribution in [0.15, 0.2) is 133 Å². The first kappa shape index (κ1) is 34.2. The zero-order valence-corrected chi connectivity index (χ0v) is 30.2. The van der Waals surface area contributed by atoms with Crippen LogP contribution in [0.4, 0.5) is 0 Å². The van der Waals surface area contributed by atoms with E-state index in [-0.39, 0.29) is 5.41 Å². The Morgan fingerprint density at radius 1 is 0.540 bits per heavy atom. The molecular weight excluding hydrogens is 601 g/mol. The van der Waals surface area contributed by atoms with E-state index in [2.05, 4.69) is 186 Å². The van der Waals surface area contributed by atoms with Crippen LogP contribution < -0.4 is 0 Å². The fourth-order valence-corrected chi connectivity index (χ4v) is 8.33. The molecule has 0 saturated carbocycles. The molecule has 0 fully saturated rings. The van der Waals surface area contributed by atoms with Crippen molar-refractivity contribution in [3.63, 3.8) is 0 Å². The molecule has 0 aromatic heterocycles. The Kier molecular flexibility index (Phi) is 9.90. The maximum Gasteiger partial charge on any atom is 0.0512 e. The lowest BCUT2D eigenvalue weighted by atomic mass is 9.71. The third-order valence-corrected chi connectivity index (χ3v) is 10.3. The number of hydrogen-bond acceptors (Lipinski definition) is 0. The number of benzene rings is 6. The highest BCUT2D eigenvalue weighted by Gasteiger charge is 2.50. The molecule has 2 aliphatic carbocycles. The minimum atomic E-state index is -0.209. The Bertz CT molecular complexity index is 2280. The smallest absolute Gasteiger partial charge is 0.0512 e. The predicted molar refractivity (Wildman–Crippen MR) is 220 cm³/mol. The number of fused-ring (bicyclic) bond motifs is 8. The molecule has 6 aromatic carbocycles. The van der Waals surface area contributed by atoms with Crippen LogP contribution >= 0.6 is 0 Å². The number of allylic oxidation sites excluding steroid dienone is 4. The van der Waals surface area contributed by atoms with E-state index in [0.29, 0.717) is 0 Å². The van der Waals surface area contributed by atoms with Crippen LogP contribution in [0.25, 0.3) is 61.9 Å². The van der Waals surface area contributed by atoms with Crippen molar-refractivity contribution in [3.8, 4) is 46.2 Å². The summed E-state index contributed by atoms with van der Waals surface area (Å²) in [5.74, 6) is 0. The monoisotopic (exact) mass is 646 g/mol. The van der Waals surface area contributed by atoms with Gasteiger partial charge in [0, 0.05) is 0 Å². The van der Waals surface area contributed by atoms with Gasteiger partial charge < -0.3 is 0 Å². The molecule has 0 N–H and O–H groups in total. The van der Waals surface area contributed by atoms with Crippen LogP contribution in [-0.2, 0) is 5.41 Å². The maximum atomic E-state index is 4.00. The van der Waals surface area contributed by atoms with Crippen molar-refractivity contribution in [2.75, 3.05) is 0 Å². The predicted octanol–water partition coefficient (Wildman–Crippen LogP) is 13.9. The lowest BCUT2D eigenvalue weighted by Crippen LogP contribution is -2.24. The maximum absolute atomic E-state index is 4.00. The molecule has 0 amide bonds. The third kappa shape index (κ3) is 5.45. The van der Waals surface area contributed by atoms with Gasteiger partial charge in [0.25, 0.3) is 0 Å². The molecule has 1 unspecified atom stereocenters. The first-order valence-electron chi connectivity index (χ1n) is 17.8. The van der Waals surface area contributed by atoms with Crippen molar-refractivity contribution in [2.24, 2.45) is 0 Å². The molecule has 6 aromatic rings. The van der Waals surface area contributed by atoms with Gasteiger partial charge in [-0.3, -0.25) is 0 Å². The van der Waals surface area contributed by atoms with Crippen LogP contribution in [-0.4, -0.2) is 0 Å². The van der Waals surface area contributed by atoms with E-state index in [1.165, 1.54) is 88.7 Å². The van der Waals surface area contributed by atoms with Gasteiger partial charge in [-0.25, -0.2) is 0 Å². The molecule has 0 heteroatoms. The van der Waals surface area contributed by atoms with E-state index in [1.807, 2.05) is 13.8 Å². The Morgan fingerprint density at radius 3 is 1.64 bits per heavy atom. The van der Waals surface area contributed by atoms with Gasteiger partial charge in [-0.1, -0.05) is 147 Å². The second-order valence-corrected chi connectivity index (χ2v) is 12.8. The van der Waals surface area contributed by atoms with E-state index in [0.717, 1.165) is 6.42 Å². The fourth-order valence-electron chi connectivity index (χ4n) is 8.33. The fraction of sp³-hybridized carbons (Fsp3) is 0.160. The molecule has 2 aliphatic rings. The summed E-state index contributed by atoms with van der Waals surface area (Å²) in [6.45, 7) is 12.6. The van der Waals surface area contributed by atoms with E-state index in [4.69, 9.17) is 0 Å². The normalized spacial score (nSPS) is 16.2. The van der Waals surface area contributed by atoms with E-state index < -0.39 is 0 Å². The van der Waals surface area contributed by atoms with Crippen molar-refractivity contribution in [3.05, 3.63) is 172 Å². The third-order valence-electron chi connectivity index (χ3n) is 10.3. The van der Waals surface area contributed by atoms with Gasteiger partial charge in [0.1, 0.15) is 0 Å². The summed E-state index contributed by atoms with van der Waals surface area (Å²) in [4.78, 5) is 0. The number of hydrogen-bond donors (Lipinski definition) is 0. The van der Waals surface area contributed by atoms with Crippen LogP contribution in [0.3, 0.4) is 0 Å². The lowest BCUT2D eigenvalue weighted by molar-refractivity contribution is 0.677. The molecule has 0 nitrogen and oxygen atoms in total. The highest BCUT2D eigenvalue weighted by molar-refractivity contribution is 6.09. The summed E-state index contributed by atoms with van der Waals surface area (Å²) >= 11 is 0. The second-order valence-electron chi connectivity index (χ2n) is 12.8. The van der Waals surface area contributed by atoms with Crippen molar-refractivity contribution in [1.82, 2.24) is 0 Å². The van der Waals surface area contributed by atoms with Crippen LogP contribution in [0.5, 0.6) is 0 Å². The molecule has 246 valence electrons. The molecule has 1 atom stereocenters. The quantitative estimate of drug-likeness (QED) is 0.167. The number of rotatable bonds is 4. The van der Waals surface area contributed by atoms with Crippen LogP contribution in [0, 0.1) is 19.8 Å². The molecule has 0 saturated heterocycles. The highest BCUT2D eigenvalue weighted by atomic mass is 14.5. The van der Waals surface area contributed by atoms with Crippen LogP contribution in [0.2, 0.25) is 0 Å². The lowest BCUT2D eigenvalue weighted by Gasteiger charge is -2.30. The Balaban J connectivity index is 0.00000104. The van der Waals surface area contributed by atoms with Gasteiger partial charge in [-0.05, 0) is 135 Å². The first-order chi connectivity index (χ1) is 24.6. The van der Waals surface area contributed by atoms with Gasteiger partial charge >= 0.3 is 0 Å². The molecule has 0 bridgehead atoms. The van der Waals surface area contributed by atoms with E-state index in [1.54, 1.807) is 0 Å². The summed E-state index contributed by atoms with van der Waals surface area (Å²) in [7, 11) is 0. The Hall–Kier alpha value is -5.64. The first-order valence-corrected chi connectivity index (χ1v) is 17.8. The van der Waals surface area contributed by atoms with Gasteiger partial charge in [0.05, 0.1) is 5.41 Å². The van der Waals surface area contributed by atoms with Gasteiger partial charge in [-0.2, -0.15) is 0 Å². The van der Waals surface area contributed by atoms with Crippen LogP contribution in [0.1, 0.15) is 80.0 Å². The SMILES string of the molecule is C#C.C/C=C/c1ccc(-c2ccc(-c3ccc(/C=C/C)cc3)c3cc4c(cc23)-c2cccc(C)c2C42C/C(=C\C)c3ccccc32)cc1.CC. The van der Waals surface area contributed by atoms with Gasteiger partial charge in [-0.15, -0.1) is 12.8 Å². The molecule has 8 rings (SSSR count). The standard InChI is InChI=1S/C46H38.C2H6.C2H2/c1-5-11-31-17-21-34(22-18-31)36-25-26-37(35-23-19-32(12-6-2)20-24-35)41-28-44-42(27-40(36)41)39-15-10-13-30(4)45(39)46(44)29-33(7-3)38-14-8-9-16-43(38)46;2*1-2/h5-28H,29H2,1-4H3;1-2H3;1-2H/b11-5+,12-6+,33-7+;;. The van der Waals surface area contributed by atoms with E-state index in [9.17, 15) is 0 Å². The average Bonchev–Trinajstić information content (AvgIpc) is 3.65. The minimum absolute atomic E-state index is 0.209. The molecule has 0 radical (unpaired) electrons. The summed E-state index contributed by atoms with van der Waals surface area (Å²) < 4.78 is 0. The number of aryl methyl sites for hydroxylation is 1. The van der Waals surface area contributed by atoms with Gasteiger partial charge in [0.2, 0.25) is 0 Å². The minimum Gasteiger partial charge on any atom is -0.124 e. The topological polar surface area (TPSA) is 0 Å². The van der Waals surface area contributed by atoms with Crippen molar-refractivity contribution >= 4 is 28.5 Å². The zero-order valence-electron chi connectivity index (χ0n) is 30.2. The summed E-state index contributed by atoms with van der Waals surface area (Å²) in [5.41, 5.74) is 18.5.